The van der Waals surface area contributed by atoms with Gasteiger partial charge in [0.2, 0.25) is 0 Å². The molecule has 146 valence electrons. The van der Waals surface area contributed by atoms with Crippen molar-refractivity contribution < 1.29 is 13.2 Å². The van der Waals surface area contributed by atoms with E-state index in [1.165, 1.54) is 24.3 Å². The smallest absolute Gasteiger partial charge is 0.261 e. The molecule has 0 spiro atoms. The van der Waals surface area contributed by atoms with Crippen molar-refractivity contribution in [3.05, 3.63) is 59.1 Å². The van der Waals surface area contributed by atoms with Crippen molar-refractivity contribution in [2.75, 3.05) is 11.3 Å². The number of amides is 1. The number of nitrogens with two attached hydrogens (primary N) is 1. The van der Waals surface area contributed by atoms with E-state index in [9.17, 15) is 13.2 Å². The summed E-state index contributed by atoms with van der Waals surface area (Å²) in [5.74, 6) is 0.234. The second-order valence-electron chi connectivity index (χ2n) is 6.35. The Bertz CT molecular complexity index is 883. The van der Waals surface area contributed by atoms with E-state index < -0.39 is 10.0 Å². The Labute approximate surface area is 169 Å². The standard InChI is InChI=1S/C18H20ClN3O3S.ClH/c19-14-5-7-15(8-6-14)22-26(24,25)16-9-3-13(4-10-16)18(23)21-11-17(20)12-1-2-12;/h3-10,12,17,22H,1-2,11,20H2,(H,21,23);1H. The molecule has 0 heterocycles. The summed E-state index contributed by atoms with van der Waals surface area (Å²) in [5.41, 5.74) is 6.75. The molecule has 27 heavy (non-hydrogen) atoms. The van der Waals surface area contributed by atoms with Crippen molar-refractivity contribution in [3.63, 3.8) is 0 Å². The minimum absolute atomic E-state index is 0. The van der Waals surface area contributed by atoms with Gasteiger partial charge >= 0.3 is 0 Å². The number of sulfonamides is 1. The fraction of sp³-hybridized carbons (Fsp3) is 0.278. The lowest BCUT2D eigenvalue weighted by Gasteiger charge is -2.12. The number of hydrogen-bond donors (Lipinski definition) is 3. The van der Waals surface area contributed by atoms with Gasteiger partial charge in [-0.05, 0) is 67.3 Å². The molecule has 2 aromatic rings. The number of nitrogens with one attached hydrogen (secondary N) is 2. The molecule has 4 N–H and O–H groups in total. The summed E-state index contributed by atoms with van der Waals surface area (Å²) in [7, 11) is -3.74. The van der Waals surface area contributed by atoms with Crippen molar-refractivity contribution in [1.29, 1.82) is 0 Å². The van der Waals surface area contributed by atoms with Crippen LogP contribution in [0.25, 0.3) is 0 Å². The lowest BCUT2D eigenvalue weighted by Crippen LogP contribution is -2.38. The molecule has 0 aromatic heterocycles. The minimum atomic E-state index is -3.74. The third-order valence-corrected chi connectivity index (χ3v) is 5.90. The first-order valence-electron chi connectivity index (χ1n) is 8.27. The number of carbonyl (C=O) groups is 1. The van der Waals surface area contributed by atoms with Gasteiger partial charge in [-0.15, -0.1) is 12.4 Å². The highest BCUT2D eigenvalue weighted by Crippen LogP contribution is 2.31. The Kier molecular flexibility index (Phi) is 7.11. The van der Waals surface area contributed by atoms with E-state index in [-0.39, 0.29) is 29.3 Å². The monoisotopic (exact) mass is 429 g/mol. The van der Waals surface area contributed by atoms with Crippen LogP contribution >= 0.6 is 24.0 Å². The number of carbonyl (C=O) groups excluding carboxylic acids is 1. The van der Waals surface area contributed by atoms with E-state index in [0.717, 1.165) is 12.8 Å². The Morgan fingerprint density at radius 2 is 1.70 bits per heavy atom. The molecule has 1 fully saturated rings. The summed E-state index contributed by atoms with van der Waals surface area (Å²) < 4.78 is 27.3. The average molecular weight is 430 g/mol. The van der Waals surface area contributed by atoms with Crippen LogP contribution in [0.4, 0.5) is 5.69 Å². The van der Waals surface area contributed by atoms with E-state index in [0.29, 0.717) is 28.7 Å². The molecule has 1 amide bonds. The van der Waals surface area contributed by atoms with Gasteiger partial charge < -0.3 is 11.1 Å². The topological polar surface area (TPSA) is 101 Å². The summed E-state index contributed by atoms with van der Waals surface area (Å²) in [6.07, 6.45) is 2.23. The molecule has 2 aromatic carbocycles. The number of benzene rings is 2. The lowest BCUT2D eigenvalue weighted by molar-refractivity contribution is 0.0950. The van der Waals surface area contributed by atoms with E-state index in [2.05, 4.69) is 10.0 Å². The summed E-state index contributed by atoms with van der Waals surface area (Å²) in [4.78, 5) is 12.2. The van der Waals surface area contributed by atoms with Gasteiger partial charge in [-0.3, -0.25) is 9.52 Å². The fourth-order valence-corrected chi connectivity index (χ4v) is 3.71. The van der Waals surface area contributed by atoms with Crippen LogP contribution in [0.2, 0.25) is 5.02 Å². The highest BCUT2D eigenvalue weighted by molar-refractivity contribution is 7.92. The molecule has 1 atom stereocenters. The first kappa shape index (κ1) is 21.5. The van der Waals surface area contributed by atoms with Gasteiger partial charge in [0.05, 0.1) is 4.90 Å². The van der Waals surface area contributed by atoms with Crippen LogP contribution in [0.1, 0.15) is 23.2 Å². The molecule has 1 unspecified atom stereocenters. The van der Waals surface area contributed by atoms with Gasteiger partial charge in [0.25, 0.3) is 15.9 Å². The van der Waals surface area contributed by atoms with Gasteiger partial charge in [0, 0.05) is 28.9 Å². The van der Waals surface area contributed by atoms with Crippen molar-refractivity contribution in [3.8, 4) is 0 Å². The average Bonchev–Trinajstić information content (AvgIpc) is 3.46. The van der Waals surface area contributed by atoms with Crippen molar-refractivity contribution in [1.82, 2.24) is 5.32 Å². The molecule has 0 bridgehead atoms. The van der Waals surface area contributed by atoms with Crippen molar-refractivity contribution >= 4 is 45.6 Å². The maximum absolute atomic E-state index is 12.4. The molecule has 3 rings (SSSR count). The first-order valence-corrected chi connectivity index (χ1v) is 10.1. The highest BCUT2D eigenvalue weighted by Gasteiger charge is 2.28. The van der Waals surface area contributed by atoms with E-state index in [1.807, 2.05) is 0 Å². The second kappa shape index (κ2) is 8.93. The van der Waals surface area contributed by atoms with Gasteiger partial charge in [-0.1, -0.05) is 11.6 Å². The van der Waals surface area contributed by atoms with Gasteiger partial charge in [-0.25, -0.2) is 8.42 Å². The quantitative estimate of drug-likeness (QED) is 0.629. The van der Waals surface area contributed by atoms with Crippen molar-refractivity contribution in [2.45, 2.75) is 23.8 Å². The number of rotatable bonds is 7. The normalized spacial score (nSPS) is 14.7. The maximum Gasteiger partial charge on any atom is 0.261 e. The second-order valence-corrected chi connectivity index (χ2v) is 8.47. The van der Waals surface area contributed by atoms with Gasteiger partial charge in [-0.2, -0.15) is 0 Å². The largest absolute Gasteiger partial charge is 0.350 e. The molecule has 0 radical (unpaired) electrons. The predicted octanol–water partition coefficient (Wildman–Crippen LogP) is 3.03. The first-order chi connectivity index (χ1) is 12.3. The number of anilines is 1. The van der Waals surface area contributed by atoms with Crippen LogP contribution in [0.5, 0.6) is 0 Å². The van der Waals surface area contributed by atoms with Crippen LogP contribution < -0.4 is 15.8 Å². The van der Waals surface area contributed by atoms with Crippen LogP contribution in [-0.2, 0) is 10.0 Å². The van der Waals surface area contributed by atoms with Crippen LogP contribution in [-0.4, -0.2) is 26.9 Å². The third-order valence-electron chi connectivity index (χ3n) is 4.25. The van der Waals surface area contributed by atoms with Crippen LogP contribution in [0.3, 0.4) is 0 Å². The summed E-state index contributed by atoms with van der Waals surface area (Å²) in [6, 6.07) is 12.1. The Morgan fingerprint density at radius 1 is 1.11 bits per heavy atom. The molecule has 1 aliphatic rings. The number of hydrogen-bond acceptors (Lipinski definition) is 4. The Morgan fingerprint density at radius 3 is 2.26 bits per heavy atom. The molecule has 0 aliphatic heterocycles. The Hall–Kier alpha value is -1.80. The minimum Gasteiger partial charge on any atom is -0.350 e. The molecule has 9 heteroatoms. The van der Waals surface area contributed by atoms with E-state index in [1.54, 1.807) is 24.3 Å². The van der Waals surface area contributed by atoms with Crippen LogP contribution in [0, 0.1) is 5.92 Å². The summed E-state index contributed by atoms with van der Waals surface area (Å²) >= 11 is 5.79. The molecular weight excluding hydrogens is 409 g/mol. The summed E-state index contributed by atoms with van der Waals surface area (Å²) in [6.45, 7) is 0.418. The predicted molar refractivity (Wildman–Crippen MR) is 109 cm³/mol. The molecular formula is C18H21Cl2N3O3S. The number of halogens is 2. The Balaban J connectivity index is 0.00000261. The van der Waals surface area contributed by atoms with Gasteiger partial charge in [0.15, 0.2) is 0 Å². The summed E-state index contributed by atoms with van der Waals surface area (Å²) in [5, 5.41) is 3.30. The highest BCUT2D eigenvalue weighted by atomic mass is 35.5. The third kappa shape index (κ3) is 5.84. The lowest BCUT2D eigenvalue weighted by atomic mass is 10.2. The molecule has 1 aliphatic carbocycles. The van der Waals surface area contributed by atoms with Crippen LogP contribution in [0.15, 0.2) is 53.4 Å². The van der Waals surface area contributed by atoms with E-state index >= 15 is 0 Å². The van der Waals surface area contributed by atoms with Gasteiger partial charge in [0.1, 0.15) is 0 Å². The van der Waals surface area contributed by atoms with Crippen molar-refractivity contribution in [2.24, 2.45) is 11.7 Å². The fourth-order valence-electron chi connectivity index (χ4n) is 2.52. The zero-order valence-electron chi connectivity index (χ0n) is 14.4. The zero-order valence-corrected chi connectivity index (χ0v) is 16.8. The molecule has 0 saturated heterocycles. The van der Waals surface area contributed by atoms with E-state index in [4.69, 9.17) is 17.3 Å². The molecule has 1 saturated carbocycles. The zero-order chi connectivity index (χ0) is 18.7. The SMILES string of the molecule is Cl.NC(CNC(=O)c1ccc(S(=O)(=O)Nc2ccc(Cl)cc2)cc1)C1CC1. The maximum atomic E-state index is 12.4. The molecule has 6 nitrogen and oxygen atoms in total.